The molecule has 18 heavy (non-hydrogen) atoms. The largest absolute Gasteiger partial charge is 0.268 e. The number of fused-ring (bicyclic) bond motifs is 1. The smallest absolute Gasteiger partial charge is 0.264 e. The van der Waals surface area contributed by atoms with Crippen LogP contribution in [0.15, 0.2) is 59.7 Å². The van der Waals surface area contributed by atoms with E-state index in [4.69, 9.17) is 0 Å². The van der Waals surface area contributed by atoms with Crippen LogP contribution in [0.1, 0.15) is 5.56 Å². The van der Waals surface area contributed by atoms with Crippen molar-refractivity contribution < 1.29 is 0 Å². The van der Waals surface area contributed by atoms with Gasteiger partial charge in [-0.25, -0.2) is 4.98 Å². The molecule has 3 aromatic rings. The van der Waals surface area contributed by atoms with Crippen LogP contribution in [0.3, 0.4) is 0 Å². The highest BCUT2D eigenvalue weighted by molar-refractivity contribution is 5.81. The first-order valence-electron chi connectivity index (χ1n) is 5.79. The number of hydrogen-bond acceptors (Lipinski definition) is 2. The monoisotopic (exact) mass is 236 g/mol. The van der Waals surface area contributed by atoms with Gasteiger partial charge in [-0.2, -0.15) is 0 Å². The van der Waals surface area contributed by atoms with Crippen molar-refractivity contribution in [3.63, 3.8) is 0 Å². The van der Waals surface area contributed by atoms with E-state index in [-0.39, 0.29) is 5.56 Å². The molecule has 3 nitrogen and oxygen atoms in total. The maximum atomic E-state index is 12.4. The van der Waals surface area contributed by atoms with Gasteiger partial charge >= 0.3 is 0 Å². The molecule has 2 heterocycles. The Labute approximate surface area is 104 Å². The molecule has 0 amide bonds. The van der Waals surface area contributed by atoms with E-state index in [2.05, 4.69) is 4.98 Å². The van der Waals surface area contributed by atoms with Crippen molar-refractivity contribution >= 4 is 10.8 Å². The molecule has 0 saturated heterocycles. The van der Waals surface area contributed by atoms with Crippen molar-refractivity contribution in [1.82, 2.24) is 9.55 Å². The summed E-state index contributed by atoms with van der Waals surface area (Å²) in [4.78, 5) is 16.6. The van der Waals surface area contributed by atoms with Gasteiger partial charge in [0.05, 0.1) is 0 Å². The summed E-state index contributed by atoms with van der Waals surface area (Å²) in [6.45, 7) is 1.98. The van der Waals surface area contributed by atoms with Crippen molar-refractivity contribution in [1.29, 1.82) is 0 Å². The van der Waals surface area contributed by atoms with Gasteiger partial charge in [0.25, 0.3) is 5.56 Å². The molecule has 0 aliphatic carbocycles. The minimum absolute atomic E-state index is 0.0359. The van der Waals surface area contributed by atoms with E-state index in [1.54, 1.807) is 17.0 Å². The molecule has 0 N–H and O–H groups in total. The number of nitrogens with zero attached hydrogens (tertiary/aromatic N) is 2. The first-order chi connectivity index (χ1) is 8.75. The van der Waals surface area contributed by atoms with Crippen molar-refractivity contribution in [3.05, 3.63) is 70.8 Å². The molecular weight excluding hydrogens is 224 g/mol. The second kappa shape index (κ2) is 4.11. The lowest BCUT2D eigenvalue weighted by Gasteiger charge is -2.06. The molecule has 3 rings (SSSR count). The van der Waals surface area contributed by atoms with E-state index in [1.165, 1.54) is 0 Å². The fraction of sp³-hybridized carbons (Fsp3) is 0.0667. The zero-order valence-corrected chi connectivity index (χ0v) is 10.00. The Morgan fingerprint density at radius 2 is 1.94 bits per heavy atom. The average Bonchev–Trinajstić information content (AvgIpc) is 2.39. The lowest BCUT2D eigenvalue weighted by molar-refractivity contribution is 0.951. The summed E-state index contributed by atoms with van der Waals surface area (Å²) in [5, 5.41) is 1.66. The Hall–Kier alpha value is -2.42. The molecule has 0 aliphatic heterocycles. The Bertz CT molecular complexity index is 775. The maximum Gasteiger partial charge on any atom is 0.264 e. The molecule has 0 saturated carbocycles. The highest BCUT2D eigenvalue weighted by Gasteiger charge is 2.04. The molecule has 0 spiro atoms. The van der Waals surface area contributed by atoms with Crippen LogP contribution in [-0.2, 0) is 0 Å². The molecule has 0 radical (unpaired) electrons. The topological polar surface area (TPSA) is 34.9 Å². The number of aryl methyl sites for hydroxylation is 1. The SMILES string of the molecule is Cc1ccnc(-n2ccc3ccccc3c2=O)c1. The van der Waals surface area contributed by atoms with Crippen LogP contribution in [0.5, 0.6) is 0 Å². The Morgan fingerprint density at radius 1 is 1.11 bits per heavy atom. The van der Waals surface area contributed by atoms with Crippen LogP contribution in [0.4, 0.5) is 0 Å². The minimum Gasteiger partial charge on any atom is -0.268 e. The third-order valence-electron chi connectivity index (χ3n) is 2.96. The molecule has 1 aromatic carbocycles. The molecule has 0 unspecified atom stereocenters. The summed E-state index contributed by atoms with van der Waals surface area (Å²) in [5.74, 6) is 0.658. The quantitative estimate of drug-likeness (QED) is 0.651. The lowest BCUT2D eigenvalue weighted by Crippen LogP contribution is -2.18. The second-order valence-corrected chi connectivity index (χ2v) is 4.27. The van der Waals surface area contributed by atoms with Crippen LogP contribution in [0.25, 0.3) is 16.6 Å². The van der Waals surface area contributed by atoms with Gasteiger partial charge in [-0.05, 0) is 42.1 Å². The third-order valence-corrected chi connectivity index (χ3v) is 2.96. The van der Waals surface area contributed by atoms with Gasteiger partial charge in [0.15, 0.2) is 0 Å². The fourth-order valence-electron chi connectivity index (χ4n) is 2.02. The Morgan fingerprint density at radius 3 is 2.78 bits per heavy atom. The summed E-state index contributed by atoms with van der Waals surface area (Å²) in [5.41, 5.74) is 1.05. The van der Waals surface area contributed by atoms with Gasteiger partial charge in [-0.1, -0.05) is 18.2 Å². The molecule has 0 fully saturated rings. The molecule has 0 bridgehead atoms. The van der Waals surface area contributed by atoms with E-state index in [0.29, 0.717) is 11.2 Å². The van der Waals surface area contributed by atoms with Crippen molar-refractivity contribution in [2.75, 3.05) is 0 Å². The molecular formula is C15H12N2O. The van der Waals surface area contributed by atoms with Gasteiger partial charge in [0.1, 0.15) is 5.82 Å². The number of rotatable bonds is 1. The minimum atomic E-state index is -0.0359. The summed E-state index contributed by atoms with van der Waals surface area (Å²) < 4.78 is 1.58. The van der Waals surface area contributed by atoms with Crippen molar-refractivity contribution in [3.8, 4) is 5.82 Å². The molecule has 2 aromatic heterocycles. The summed E-state index contributed by atoms with van der Waals surface area (Å²) in [7, 11) is 0. The average molecular weight is 236 g/mol. The fourth-order valence-corrected chi connectivity index (χ4v) is 2.02. The van der Waals surface area contributed by atoms with Crippen LogP contribution >= 0.6 is 0 Å². The summed E-state index contributed by atoms with van der Waals surface area (Å²) in [6, 6.07) is 13.3. The van der Waals surface area contributed by atoms with E-state index in [0.717, 1.165) is 10.9 Å². The van der Waals surface area contributed by atoms with Gasteiger partial charge in [0, 0.05) is 17.8 Å². The van der Waals surface area contributed by atoms with Crippen LogP contribution in [0, 0.1) is 6.92 Å². The first kappa shape index (κ1) is 10.7. The van der Waals surface area contributed by atoms with Gasteiger partial charge in [-0.3, -0.25) is 9.36 Å². The standard InChI is InChI=1S/C15H12N2O/c1-11-6-8-16-14(10-11)17-9-7-12-4-2-3-5-13(12)15(17)18/h2-10H,1H3. The van der Waals surface area contributed by atoms with Crippen LogP contribution in [-0.4, -0.2) is 9.55 Å². The number of hydrogen-bond donors (Lipinski definition) is 0. The van der Waals surface area contributed by atoms with Gasteiger partial charge in [0.2, 0.25) is 0 Å². The molecule has 88 valence electrons. The zero-order chi connectivity index (χ0) is 12.5. The van der Waals surface area contributed by atoms with E-state index < -0.39 is 0 Å². The Kier molecular flexibility index (Phi) is 2.45. The Balaban J connectivity index is 2.31. The lowest BCUT2D eigenvalue weighted by atomic mass is 10.2. The van der Waals surface area contributed by atoms with Crippen molar-refractivity contribution in [2.24, 2.45) is 0 Å². The summed E-state index contributed by atoms with van der Waals surface area (Å²) in [6.07, 6.45) is 3.48. The maximum absolute atomic E-state index is 12.4. The number of aromatic nitrogens is 2. The van der Waals surface area contributed by atoms with Crippen molar-refractivity contribution in [2.45, 2.75) is 6.92 Å². The number of pyridine rings is 2. The third kappa shape index (κ3) is 1.70. The normalized spacial score (nSPS) is 10.7. The molecule has 0 aliphatic rings. The van der Waals surface area contributed by atoms with Crippen LogP contribution in [0.2, 0.25) is 0 Å². The van der Waals surface area contributed by atoms with E-state index >= 15 is 0 Å². The highest BCUT2D eigenvalue weighted by atomic mass is 16.1. The molecule has 3 heteroatoms. The predicted molar refractivity (Wildman–Crippen MR) is 72.1 cm³/mol. The predicted octanol–water partition coefficient (Wildman–Crippen LogP) is 2.69. The second-order valence-electron chi connectivity index (χ2n) is 4.27. The highest BCUT2D eigenvalue weighted by Crippen LogP contribution is 2.11. The van der Waals surface area contributed by atoms with Gasteiger partial charge < -0.3 is 0 Å². The molecule has 0 atom stereocenters. The van der Waals surface area contributed by atoms with E-state index in [1.807, 2.05) is 49.4 Å². The zero-order valence-electron chi connectivity index (χ0n) is 10.00. The first-order valence-corrected chi connectivity index (χ1v) is 5.79. The summed E-state index contributed by atoms with van der Waals surface area (Å²) >= 11 is 0. The van der Waals surface area contributed by atoms with Crippen LogP contribution < -0.4 is 5.56 Å². The number of benzene rings is 1. The van der Waals surface area contributed by atoms with Gasteiger partial charge in [-0.15, -0.1) is 0 Å². The van der Waals surface area contributed by atoms with E-state index in [9.17, 15) is 4.79 Å².